The maximum Gasteiger partial charge on any atom is 0.261 e. The Bertz CT molecular complexity index is 1310. The van der Waals surface area contributed by atoms with Gasteiger partial charge < -0.3 is 10.1 Å². The van der Waals surface area contributed by atoms with Gasteiger partial charge in [0.05, 0.1) is 21.7 Å². The summed E-state index contributed by atoms with van der Waals surface area (Å²) >= 11 is 5.85. The lowest BCUT2D eigenvalue weighted by Gasteiger charge is -2.35. The molecular weight excluding hydrogens is 400 g/mol. The molecule has 0 saturated carbocycles. The number of amides is 1. The van der Waals surface area contributed by atoms with Crippen LogP contribution in [0, 0.1) is 18.0 Å². The van der Waals surface area contributed by atoms with Crippen molar-refractivity contribution in [2.45, 2.75) is 5.72 Å². The van der Waals surface area contributed by atoms with Crippen LogP contribution in [0.4, 0.5) is 14.5 Å². The Hall–Kier alpha value is -3.29. The lowest BCUT2D eigenvalue weighted by atomic mass is 9.93. The highest BCUT2D eigenvalue weighted by Crippen LogP contribution is 2.46. The number of nitrogens with one attached hydrogen (secondary N) is 1. The Morgan fingerprint density at radius 1 is 1.10 bits per heavy atom. The minimum absolute atomic E-state index is 0.198. The molecule has 0 fully saturated rings. The standard InChI is InChI=1S/C21H11ClF2N3O2/c22-14-8-19(16(24)9-15(14)23)27-20(28)12-3-1-2-4-13(12)21(27,29)11-5-6-17-18(7-11)26-10-25-17/h1-9,29H,(H,25,26). The SMILES string of the molecule is O=C1c2ccccc2C(O)(c2ccc3[nH][c]nc3c2)N1c1cc(Cl)c(F)cc1F. The number of anilines is 1. The zero-order chi connectivity index (χ0) is 20.3. The zero-order valence-electron chi connectivity index (χ0n) is 14.6. The van der Waals surface area contributed by atoms with E-state index in [1.54, 1.807) is 36.4 Å². The summed E-state index contributed by atoms with van der Waals surface area (Å²) in [5.74, 6) is -2.63. The molecule has 8 heteroatoms. The Balaban J connectivity index is 1.81. The van der Waals surface area contributed by atoms with Crippen LogP contribution in [-0.2, 0) is 5.72 Å². The first-order chi connectivity index (χ1) is 13.9. The van der Waals surface area contributed by atoms with Crippen molar-refractivity contribution in [1.82, 2.24) is 9.97 Å². The molecule has 0 saturated heterocycles. The van der Waals surface area contributed by atoms with Crippen molar-refractivity contribution < 1.29 is 18.7 Å². The number of aromatic nitrogens is 2. The zero-order valence-corrected chi connectivity index (χ0v) is 15.3. The number of hydrogen-bond acceptors (Lipinski definition) is 3. The number of aromatic amines is 1. The van der Waals surface area contributed by atoms with Gasteiger partial charge in [0.2, 0.25) is 0 Å². The van der Waals surface area contributed by atoms with Crippen molar-refractivity contribution in [3.63, 3.8) is 0 Å². The molecule has 143 valence electrons. The minimum atomic E-state index is -2.05. The molecule has 1 unspecified atom stereocenters. The van der Waals surface area contributed by atoms with E-state index in [9.17, 15) is 18.7 Å². The molecule has 2 heterocycles. The number of H-pyrrole nitrogens is 1. The third-order valence-corrected chi connectivity index (χ3v) is 5.35. The van der Waals surface area contributed by atoms with E-state index in [0.717, 1.165) is 11.0 Å². The van der Waals surface area contributed by atoms with E-state index in [1.807, 2.05) is 0 Å². The van der Waals surface area contributed by atoms with E-state index >= 15 is 0 Å². The summed E-state index contributed by atoms with van der Waals surface area (Å²) in [6.45, 7) is 0. The van der Waals surface area contributed by atoms with Crippen LogP contribution in [0.1, 0.15) is 21.5 Å². The summed E-state index contributed by atoms with van der Waals surface area (Å²) in [5.41, 5.74) is -0.462. The Morgan fingerprint density at radius 3 is 2.72 bits per heavy atom. The predicted molar refractivity (Wildman–Crippen MR) is 103 cm³/mol. The Labute approximate surface area is 168 Å². The maximum atomic E-state index is 14.7. The van der Waals surface area contributed by atoms with Crippen molar-refractivity contribution in [3.8, 4) is 0 Å². The van der Waals surface area contributed by atoms with Gasteiger partial charge in [-0.1, -0.05) is 35.9 Å². The summed E-state index contributed by atoms with van der Waals surface area (Å²) in [7, 11) is 0. The first-order valence-electron chi connectivity index (χ1n) is 8.58. The third-order valence-electron chi connectivity index (χ3n) is 5.06. The van der Waals surface area contributed by atoms with Crippen molar-refractivity contribution in [2.24, 2.45) is 0 Å². The molecule has 3 aromatic carbocycles. The molecule has 5 rings (SSSR count). The number of hydrogen-bond donors (Lipinski definition) is 2. The van der Waals surface area contributed by atoms with Crippen LogP contribution in [0.5, 0.6) is 0 Å². The number of fused-ring (bicyclic) bond motifs is 2. The molecule has 0 aliphatic carbocycles. The van der Waals surface area contributed by atoms with Gasteiger partial charge >= 0.3 is 0 Å². The average molecular weight is 411 g/mol. The number of halogens is 3. The second kappa shape index (κ2) is 6.10. The van der Waals surface area contributed by atoms with Crippen molar-refractivity contribution in [1.29, 1.82) is 0 Å². The van der Waals surface area contributed by atoms with Gasteiger partial charge in [-0.3, -0.25) is 9.69 Å². The van der Waals surface area contributed by atoms with Gasteiger partial charge in [0.1, 0.15) is 11.6 Å². The van der Waals surface area contributed by atoms with Gasteiger partial charge in [0.15, 0.2) is 12.1 Å². The van der Waals surface area contributed by atoms with E-state index in [1.165, 1.54) is 6.07 Å². The normalized spacial score (nSPS) is 18.5. The van der Waals surface area contributed by atoms with Crippen LogP contribution in [0.15, 0.2) is 54.6 Å². The molecule has 5 nitrogen and oxygen atoms in total. The van der Waals surface area contributed by atoms with Crippen LogP contribution in [-0.4, -0.2) is 21.0 Å². The summed E-state index contributed by atoms with van der Waals surface area (Å²) in [4.78, 5) is 21.0. The lowest BCUT2D eigenvalue weighted by molar-refractivity contribution is 0.0699. The molecule has 1 amide bonds. The fraction of sp³-hybridized carbons (Fsp3) is 0.0476. The number of carbonyl (C=O) groups excluding carboxylic acids is 1. The largest absolute Gasteiger partial charge is 0.363 e. The third kappa shape index (κ3) is 2.41. The second-order valence-electron chi connectivity index (χ2n) is 6.66. The molecule has 1 radical (unpaired) electrons. The van der Waals surface area contributed by atoms with Gasteiger partial charge in [0, 0.05) is 22.8 Å². The number of imidazole rings is 1. The Morgan fingerprint density at radius 2 is 1.90 bits per heavy atom. The van der Waals surface area contributed by atoms with E-state index in [2.05, 4.69) is 16.3 Å². The highest BCUT2D eigenvalue weighted by Gasteiger charge is 2.51. The smallest absolute Gasteiger partial charge is 0.261 e. The van der Waals surface area contributed by atoms with Crippen LogP contribution >= 0.6 is 11.6 Å². The molecular formula is C21H11ClF2N3O2. The van der Waals surface area contributed by atoms with E-state index < -0.39 is 23.3 Å². The fourth-order valence-corrected chi connectivity index (χ4v) is 3.87. The summed E-state index contributed by atoms with van der Waals surface area (Å²) in [6, 6.07) is 12.8. The van der Waals surface area contributed by atoms with Crippen molar-refractivity contribution in [3.05, 3.63) is 94.3 Å². The fourth-order valence-electron chi connectivity index (χ4n) is 3.71. The molecule has 0 bridgehead atoms. The molecule has 29 heavy (non-hydrogen) atoms. The van der Waals surface area contributed by atoms with Gasteiger partial charge in [-0.15, -0.1) is 0 Å². The summed E-state index contributed by atoms with van der Waals surface area (Å²) < 4.78 is 28.4. The summed E-state index contributed by atoms with van der Waals surface area (Å²) in [5, 5.41) is 11.5. The van der Waals surface area contributed by atoms with Gasteiger partial charge in [-0.25, -0.2) is 13.8 Å². The molecule has 1 aromatic heterocycles. The number of rotatable bonds is 2. The van der Waals surface area contributed by atoms with Crippen LogP contribution in [0.25, 0.3) is 11.0 Å². The molecule has 1 aliphatic rings. The van der Waals surface area contributed by atoms with E-state index in [0.29, 0.717) is 17.1 Å². The first-order valence-corrected chi connectivity index (χ1v) is 8.96. The van der Waals surface area contributed by atoms with Gasteiger partial charge in [0.25, 0.3) is 5.91 Å². The van der Waals surface area contributed by atoms with Gasteiger partial charge in [-0.2, -0.15) is 0 Å². The van der Waals surface area contributed by atoms with Crippen molar-refractivity contribution >= 4 is 34.2 Å². The number of aliphatic hydroxyl groups is 1. The average Bonchev–Trinajstić information content (AvgIpc) is 3.27. The first kappa shape index (κ1) is 17.8. The molecule has 0 spiro atoms. The van der Waals surface area contributed by atoms with Crippen molar-refractivity contribution in [2.75, 3.05) is 4.90 Å². The number of carbonyl (C=O) groups is 1. The van der Waals surface area contributed by atoms with Crippen LogP contribution in [0.2, 0.25) is 5.02 Å². The van der Waals surface area contributed by atoms with Gasteiger partial charge in [-0.05, 0) is 24.3 Å². The summed E-state index contributed by atoms with van der Waals surface area (Å²) in [6.07, 6.45) is 2.61. The highest BCUT2D eigenvalue weighted by atomic mass is 35.5. The van der Waals surface area contributed by atoms with Crippen LogP contribution < -0.4 is 4.90 Å². The quantitative estimate of drug-likeness (QED) is 0.488. The lowest BCUT2D eigenvalue weighted by Crippen LogP contribution is -2.45. The predicted octanol–water partition coefficient (Wildman–Crippen LogP) is 4.15. The molecule has 4 aromatic rings. The Kier molecular flexibility index (Phi) is 3.74. The minimum Gasteiger partial charge on any atom is -0.363 e. The molecule has 1 aliphatic heterocycles. The van der Waals surface area contributed by atoms with E-state index in [-0.39, 0.29) is 27.4 Å². The van der Waals surface area contributed by atoms with Crippen LogP contribution in [0.3, 0.4) is 0 Å². The molecule has 2 N–H and O–H groups in total. The maximum absolute atomic E-state index is 14.7. The molecule has 1 atom stereocenters. The second-order valence-corrected chi connectivity index (χ2v) is 7.06. The number of nitrogens with zero attached hydrogens (tertiary/aromatic N) is 2. The monoisotopic (exact) mass is 410 g/mol. The topological polar surface area (TPSA) is 69.2 Å². The highest BCUT2D eigenvalue weighted by molar-refractivity contribution is 6.31. The van der Waals surface area contributed by atoms with E-state index in [4.69, 9.17) is 11.6 Å². The number of benzene rings is 3.